The molecule has 5 rings (SSSR count). The molecule has 1 aliphatic rings. The number of halogens is 4. The number of rotatable bonds is 3. The summed E-state index contributed by atoms with van der Waals surface area (Å²) < 4.78 is 46.0. The van der Waals surface area contributed by atoms with E-state index in [0.29, 0.717) is 59.6 Å². The normalized spacial score (nSPS) is 14.8. The van der Waals surface area contributed by atoms with Crippen LogP contribution in [-0.2, 0) is 10.9 Å². The molecule has 0 spiro atoms. The van der Waals surface area contributed by atoms with Crippen molar-refractivity contribution >= 4 is 28.3 Å². The molecule has 32 heavy (non-hydrogen) atoms. The molecule has 0 unspecified atom stereocenters. The highest BCUT2D eigenvalue weighted by Crippen LogP contribution is 2.37. The van der Waals surface area contributed by atoms with Crippen LogP contribution in [-0.4, -0.2) is 41.3 Å². The van der Waals surface area contributed by atoms with Crippen LogP contribution in [0.2, 0.25) is 5.02 Å². The highest BCUT2D eigenvalue weighted by atomic mass is 35.5. The number of nitrogens with one attached hydrogen (secondary N) is 1. The van der Waals surface area contributed by atoms with E-state index in [1.807, 2.05) is 29.2 Å². The van der Waals surface area contributed by atoms with E-state index in [2.05, 4.69) is 15.0 Å². The van der Waals surface area contributed by atoms with E-state index in [1.165, 1.54) is 6.07 Å². The van der Waals surface area contributed by atoms with Crippen molar-refractivity contribution in [1.29, 1.82) is 0 Å². The molecule has 4 aromatic rings. The Morgan fingerprint density at radius 1 is 1.00 bits per heavy atom. The lowest BCUT2D eigenvalue weighted by Gasteiger charge is -2.29. The van der Waals surface area contributed by atoms with Gasteiger partial charge in [-0.05, 0) is 24.3 Å². The number of aromatic nitrogens is 3. The Morgan fingerprint density at radius 2 is 1.72 bits per heavy atom. The van der Waals surface area contributed by atoms with Gasteiger partial charge in [0.05, 0.1) is 40.7 Å². The van der Waals surface area contributed by atoms with Gasteiger partial charge in [0, 0.05) is 30.4 Å². The number of H-pyrrole nitrogens is 1. The maximum absolute atomic E-state index is 13.5. The SMILES string of the molecule is FC(F)(F)c1cc(N2CCOCC2)c2nc(-c3ccc(-c4ncccc4Cl)cc3)[nH]c2c1. The predicted octanol–water partition coefficient (Wildman–Crippen LogP) is 5.80. The zero-order valence-electron chi connectivity index (χ0n) is 16.8. The van der Waals surface area contributed by atoms with Crippen LogP contribution in [0.4, 0.5) is 18.9 Å². The molecule has 164 valence electrons. The van der Waals surface area contributed by atoms with Gasteiger partial charge in [-0.25, -0.2) is 4.98 Å². The average molecular weight is 459 g/mol. The number of alkyl halides is 3. The summed E-state index contributed by atoms with van der Waals surface area (Å²) in [7, 11) is 0. The van der Waals surface area contributed by atoms with Crippen molar-refractivity contribution in [1.82, 2.24) is 15.0 Å². The predicted molar refractivity (Wildman–Crippen MR) is 118 cm³/mol. The number of nitrogens with zero attached hydrogens (tertiary/aromatic N) is 3. The fourth-order valence-corrected chi connectivity index (χ4v) is 4.06. The van der Waals surface area contributed by atoms with E-state index in [9.17, 15) is 13.2 Å². The molecule has 0 saturated carbocycles. The van der Waals surface area contributed by atoms with E-state index in [1.54, 1.807) is 18.3 Å². The van der Waals surface area contributed by atoms with Gasteiger partial charge in [0.25, 0.3) is 0 Å². The first-order chi connectivity index (χ1) is 15.4. The number of hydrogen-bond acceptors (Lipinski definition) is 4. The van der Waals surface area contributed by atoms with Crippen LogP contribution < -0.4 is 4.90 Å². The second kappa shape index (κ2) is 8.11. The van der Waals surface area contributed by atoms with Crippen molar-refractivity contribution in [3.63, 3.8) is 0 Å². The fraction of sp³-hybridized carbons (Fsp3) is 0.217. The smallest absolute Gasteiger partial charge is 0.378 e. The van der Waals surface area contributed by atoms with Gasteiger partial charge in [-0.3, -0.25) is 4.98 Å². The summed E-state index contributed by atoms with van der Waals surface area (Å²) in [6, 6.07) is 13.2. The number of anilines is 1. The van der Waals surface area contributed by atoms with Gasteiger partial charge < -0.3 is 14.6 Å². The molecule has 1 fully saturated rings. The minimum Gasteiger partial charge on any atom is -0.378 e. The third-order valence-corrected chi connectivity index (χ3v) is 5.74. The number of pyridine rings is 1. The van der Waals surface area contributed by atoms with Crippen LogP contribution in [0.15, 0.2) is 54.7 Å². The number of benzene rings is 2. The van der Waals surface area contributed by atoms with Crippen LogP contribution in [0.25, 0.3) is 33.7 Å². The Kier molecular flexibility index (Phi) is 5.27. The zero-order chi connectivity index (χ0) is 22.3. The molecule has 0 atom stereocenters. The molecular weight excluding hydrogens is 441 g/mol. The largest absolute Gasteiger partial charge is 0.416 e. The Bertz CT molecular complexity index is 1260. The molecule has 1 N–H and O–H groups in total. The van der Waals surface area contributed by atoms with Gasteiger partial charge in [-0.2, -0.15) is 13.2 Å². The second-order valence-corrected chi connectivity index (χ2v) is 7.89. The van der Waals surface area contributed by atoms with Gasteiger partial charge >= 0.3 is 6.18 Å². The van der Waals surface area contributed by atoms with E-state index in [-0.39, 0.29) is 0 Å². The van der Waals surface area contributed by atoms with Crippen molar-refractivity contribution in [2.24, 2.45) is 0 Å². The third kappa shape index (κ3) is 3.91. The monoisotopic (exact) mass is 458 g/mol. The van der Waals surface area contributed by atoms with Gasteiger partial charge in [-0.1, -0.05) is 35.9 Å². The van der Waals surface area contributed by atoms with Gasteiger partial charge in [0.1, 0.15) is 11.3 Å². The number of morpholine rings is 1. The van der Waals surface area contributed by atoms with Crippen molar-refractivity contribution in [3.8, 4) is 22.6 Å². The molecule has 2 aromatic carbocycles. The molecule has 9 heteroatoms. The van der Waals surface area contributed by atoms with Crippen LogP contribution in [0.1, 0.15) is 5.56 Å². The van der Waals surface area contributed by atoms with Crippen LogP contribution in [0.5, 0.6) is 0 Å². The topological polar surface area (TPSA) is 54.0 Å². The molecule has 0 amide bonds. The van der Waals surface area contributed by atoms with Crippen LogP contribution >= 0.6 is 11.6 Å². The summed E-state index contributed by atoms with van der Waals surface area (Å²) in [4.78, 5) is 13.9. The maximum atomic E-state index is 13.5. The Balaban J connectivity index is 1.57. The summed E-state index contributed by atoms with van der Waals surface area (Å²) in [6.45, 7) is 1.95. The van der Waals surface area contributed by atoms with E-state index < -0.39 is 11.7 Å². The van der Waals surface area contributed by atoms with Gasteiger partial charge in [-0.15, -0.1) is 0 Å². The summed E-state index contributed by atoms with van der Waals surface area (Å²) in [5.74, 6) is 0.493. The number of aromatic amines is 1. The summed E-state index contributed by atoms with van der Waals surface area (Å²) in [5, 5.41) is 0.541. The summed E-state index contributed by atoms with van der Waals surface area (Å²) in [6.07, 6.45) is -2.79. The standard InChI is InChI=1S/C23H18ClF3N4O/c24-17-2-1-7-28-20(17)14-3-5-15(6-4-14)22-29-18-12-16(23(25,26)27)13-19(21(18)30-22)31-8-10-32-11-9-31/h1-7,12-13H,8-11H2,(H,29,30). The van der Waals surface area contributed by atoms with Gasteiger partial charge in [0.2, 0.25) is 0 Å². The third-order valence-electron chi connectivity index (χ3n) is 5.44. The van der Waals surface area contributed by atoms with Crippen molar-refractivity contribution in [2.45, 2.75) is 6.18 Å². The zero-order valence-corrected chi connectivity index (χ0v) is 17.5. The molecule has 1 saturated heterocycles. The van der Waals surface area contributed by atoms with Crippen molar-refractivity contribution in [3.05, 3.63) is 65.3 Å². The number of imidazole rings is 1. The van der Waals surface area contributed by atoms with Crippen LogP contribution in [0, 0.1) is 0 Å². The molecule has 2 aromatic heterocycles. The molecule has 1 aliphatic heterocycles. The first-order valence-electron chi connectivity index (χ1n) is 10.0. The number of fused-ring (bicyclic) bond motifs is 1. The Hall–Kier alpha value is -3.10. The van der Waals surface area contributed by atoms with Crippen LogP contribution in [0.3, 0.4) is 0 Å². The lowest BCUT2D eigenvalue weighted by molar-refractivity contribution is -0.137. The molecule has 5 nitrogen and oxygen atoms in total. The van der Waals surface area contributed by atoms with Crippen molar-refractivity contribution < 1.29 is 17.9 Å². The number of hydrogen-bond donors (Lipinski definition) is 1. The molecular formula is C23H18ClF3N4O. The quantitative estimate of drug-likeness (QED) is 0.421. The minimum absolute atomic E-state index is 0.341. The second-order valence-electron chi connectivity index (χ2n) is 7.49. The molecule has 0 radical (unpaired) electrons. The highest BCUT2D eigenvalue weighted by molar-refractivity contribution is 6.33. The number of ether oxygens (including phenoxy) is 1. The Labute approximate surface area is 186 Å². The van der Waals surface area contributed by atoms with E-state index in [4.69, 9.17) is 16.3 Å². The fourth-order valence-electron chi connectivity index (χ4n) is 3.83. The molecule has 3 heterocycles. The first kappa shape index (κ1) is 20.8. The minimum atomic E-state index is -4.45. The van der Waals surface area contributed by atoms with Gasteiger partial charge in [0.15, 0.2) is 0 Å². The van der Waals surface area contributed by atoms with Crippen molar-refractivity contribution in [2.75, 3.05) is 31.2 Å². The summed E-state index contributed by atoms with van der Waals surface area (Å²) in [5.41, 5.74) is 2.84. The summed E-state index contributed by atoms with van der Waals surface area (Å²) >= 11 is 6.23. The highest BCUT2D eigenvalue weighted by Gasteiger charge is 2.33. The van der Waals surface area contributed by atoms with E-state index in [0.717, 1.165) is 17.2 Å². The lowest BCUT2D eigenvalue weighted by atomic mass is 10.1. The maximum Gasteiger partial charge on any atom is 0.416 e. The first-order valence-corrected chi connectivity index (χ1v) is 10.4. The molecule has 0 bridgehead atoms. The van der Waals surface area contributed by atoms with E-state index >= 15 is 0 Å². The Morgan fingerprint density at radius 3 is 2.41 bits per heavy atom. The average Bonchev–Trinajstić information content (AvgIpc) is 3.23. The molecule has 0 aliphatic carbocycles. The lowest BCUT2D eigenvalue weighted by Crippen LogP contribution is -2.36.